The highest BCUT2D eigenvalue weighted by molar-refractivity contribution is 7.90. The molecule has 0 N–H and O–H groups in total. The number of aryl methyl sites for hydroxylation is 1. The first-order chi connectivity index (χ1) is 13.3. The molecular weight excluding hydrogens is 392 g/mol. The van der Waals surface area contributed by atoms with Gasteiger partial charge in [0.05, 0.1) is 28.1 Å². The van der Waals surface area contributed by atoms with E-state index in [0.29, 0.717) is 4.80 Å². The number of terminal acetylenes is 1. The molecule has 0 saturated heterocycles. The number of fused-ring (bicyclic) bond motifs is 1. The molecule has 0 fully saturated rings. The molecule has 1 amide bonds. The van der Waals surface area contributed by atoms with Crippen LogP contribution in [0.25, 0.3) is 10.2 Å². The van der Waals surface area contributed by atoms with E-state index < -0.39 is 9.84 Å². The standard InChI is InChI=1S/C21H20N2O3S2/c1-4-12-23-18-11-10-17(28(3,25)26)14-19(18)27-21(23)22-20(24)13-16-8-6-15(5-2)7-9-16/h1,6-11,14H,5,12-13H2,2-3H3. The Morgan fingerprint density at radius 2 is 1.86 bits per heavy atom. The smallest absolute Gasteiger partial charge is 0.252 e. The van der Waals surface area contributed by atoms with Crippen molar-refractivity contribution < 1.29 is 13.2 Å². The fourth-order valence-electron chi connectivity index (χ4n) is 2.83. The van der Waals surface area contributed by atoms with Crippen molar-refractivity contribution in [3.63, 3.8) is 0 Å². The van der Waals surface area contributed by atoms with E-state index in [1.165, 1.54) is 23.0 Å². The predicted molar refractivity (Wildman–Crippen MR) is 112 cm³/mol. The molecule has 0 radical (unpaired) electrons. The number of nitrogens with zero attached hydrogens (tertiary/aromatic N) is 2. The van der Waals surface area contributed by atoms with Gasteiger partial charge in [-0.1, -0.05) is 48.4 Å². The summed E-state index contributed by atoms with van der Waals surface area (Å²) >= 11 is 1.25. The third-order valence-electron chi connectivity index (χ3n) is 4.34. The van der Waals surface area contributed by atoms with Crippen LogP contribution in [0.2, 0.25) is 0 Å². The number of benzene rings is 2. The van der Waals surface area contributed by atoms with Crippen LogP contribution in [0.4, 0.5) is 0 Å². The van der Waals surface area contributed by atoms with Crippen molar-refractivity contribution >= 4 is 37.3 Å². The van der Waals surface area contributed by atoms with Crippen molar-refractivity contribution in [3.05, 3.63) is 58.4 Å². The van der Waals surface area contributed by atoms with Gasteiger partial charge in [-0.2, -0.15) is 4.99 Å². The van der Waals surface area contributed by atoms with Crippen LogP contribution in [-0.2, 0) is 34.0 Å². The summed E-state index contributed by atoms with van der Waals surface area (Å²) in [6.45, 7) is 2.33. The molecule has 0 spiro atoms. The predicted octanol–water partition coefficient (Wildman–Crippen LogP) is 2.97. The van der Waals surface area contributed by atoms with E-state index in [9.17, 15) is 13.2 Å². The summed E-state index contributed by atoms with van der Waals surface area (Å²) in [6.07, 6.45) is 7.78. The van der Waals surface area contributed by atoms with E-state index in [1.807, 2.05) is 24.3 Å². The van der Waals surface area contributed by atoms with Gasteiger partial charge >= 0.3 is 0 Å². The van der Waals surface area contributed by atoms with E-state index in [2.05, 4.69) is 17.8 Å². The third kappa shape index (κ3) is 4.41. The van der Waals surface area contributed by atoms with Crippen molar-refractivity contribution in [2.75, 3.05) is 6.26 Å². The Hall–Kier alpha value is -2.69. The minimum absolute atomic E-state index is 0.197. The number of aromatic nitrogens is 1. The van der Waals surface area contributed by atoms with Crippen molar-refractivity contribution in [1.82, 2.24) is 4.57 Å². The summed E-state index contributed by atoms with van der Waals surface area (Å²) in [4.78, 5) is 17.4. The molecule has 7 heteroatoms. The first kappa shape index (κ1) is 20.1. The lowest BCUT2D eigenvalue weighted by molar-refractivity contribution is -0.117. The molecule has 0 atom stereocenters. The molecule has 2 aromatic carbocycles. The second kappa shape index (κ2) is 8.13. The Balaban J connectivity index is 2.00. The molecule has 144 valence electrons. The lowest BCUT2D eigenvalue weighted by atomic mass is 10.1. The van der Waals surface area contributed by atoms with Gasteiger partial charge in [-0.25, -0.2) is 8.42 Å². The van der Waals surface area contributed by atoms with E-state index in [4.69, 9.17) is 6.42 Å². The van der Waals surface area contributed by atoms with E-state index in [0.717, 1.165) is 28.5 Å². The highest BCUT2D eigenvalue weighted by Crippen LogP contribution is 2.22. The van der Waals surface area contributed by atoms with Gasteiger partial charge in [0, 0.05) is 6.26 Å². The Labute approximate surface area is 168 Å². The molecular formula is C21H20N2O3S2. The Morgan fingerprint density at radius 1 is 1.18 bits per heavy atom. The zero-order valence-corrected chi connectivity index (χ0v) is 17.3. The van der Waals surface area contributed by atoms with Gasteiger partial charge in [-0.05, 0) is 35.7 Å². The molecule has 5 nitrogen and oxygen atoms in total. The summed E-state index contributed by atoms with van der Waals surface area (Å²) in [6, 6.07) is 12.7. The van der Waals surface area contributed by atoms with Crippen LogP contribution >= 0.6 is 11.3 Å². The lowest BCUT2D eigenvalue weighted by Crippen LogP contribution is -2.17. The quantitative estimate of drug-likeness (QED) is 0.605. The minimum atomic E-state index is -3.32. The number of sulfone groups is 1. The Bertz CT molecular complexity index is 1240. The molecule has 0 aliphatic rings. The van der Waals surface area contributed by atoms with Crippen molar-refractivity contribution in [3.8, 4) is 12.3 Å². The first-order valence-corrected chi connectivity index (χ1v) is 11.4. The first-order valence-electron chi connectivity index (χ1n) is 8.74. The maximum Gasteiger partial charge on any atom is 0.252 e. The number of rotatable bonds is 5. The lowest BCUT2D eigenvalue weighted by Gasteiger charge is -2.02. The van der Waals surface area contributed by atoms with Crippen LogP contribution in [-0.4, -0.2) is 25.1 Å². The molecule has 3 rings (SSSR count). The fourth-order valence-corrected chi connectivity index (χ4v) is 4.63. The van der Waals surface area contributed by atoms with Gasteiger partial charge in [0.15, 0.2) is 14.6 Å². The van der Waals surface area contributed by atoms with Gasteiger partial charge in [0.25, 0.3) is 5.91 Å². The van der Waals surface area contributed by atoms with Gasteiger partial charge in [0.2, 0.25) is 0 Å². The molecule has 0 saturated carbocycles. The maximum absolute atomic E-state index is 12.5. The van der Waals surface area contributed by atoms with Crippen molar-refractivity contribution in [2.24, 2.45) is 4.99 Å². The van der Waals surface area contributed by atoms with Crippen LogP contribution < -0.4 is 4.80 Å². The van der Waals surface area contributed by atoms with Gasteiger partial charge < -0.3 is 4.57 Å². The van der Waals surface area contributed by atoms with E-state index in [-0.39, 0.29) is 23.8 Å². The molecule has 28 heavy (non-hydrogen) atoms. The second-order valence-corrected chi connectivity index (χ2v) is 9.45. The van der Waals surface area contributed by atoms with Gasteiger partial charge in [-0.15, -0.1) is 6.42 Å². The SMILES string of the molecule is C#CCn1c(=NC(=O)Cc2ccc(CC)cc2)sc2cc(S(C)(=O)=O)ccc21. The number of carbonyl (C=O) groups is 1. The van der Waals surface area contributed by atoms with E-state index in [1.54, 1.807) is 16.7 Å². The number of carbonyl (C=O) groups excluding carboxylic acids is 1. The molecule has 1 aromatic heterocycles. The molecule has 0 aliphatic carbocycles. The highest BCUT2D eigenvalue weighted by Gasteiger charge is 2.12. The van der Waals surface area contributed by atoms with Crippen molar-refractivity contribution in [2.45, 2.75) is 31.2 Å². The number of thiazole rings is 1. The van der Waals surface area contributed by atoms with Crippen molar-refractivity contribution in [1.29, 1.82) is 0 Å². The fraction of sp³-hybridized carbons (Fsp3) is 0.238. The number of hydrogen-bond acceptors (Lipinski definition) is 4. The highest BCUT2D eigenvalue weighted by atomic mass is 32.2. The average Bonchev–Trinajstić information content (AvgIpc) is 2.98. The summed E-state index contributed by atoms with van der Waals surface area (Å²) < 4.78 is 26.1. The molecule has 0 aliphatic heterocycles. The largest absolute Gasteiger partial charge is 0.305 e. The van der Waals surface area contributed by atoms with Crippen LogP contribution in [0.5, 0.6) is 0 Å². The maximum atomic E-state index is 12.5. The van der Waals surface area contributed by atoms with Crippen LogP contribution in [0.3, 0.4) is 0 Å². The topological polar surface area (TPSA) is 68.5 Å². The Kier molecular flexibility index (Phi) is 5.82. The number of hydrogen-bond donors (Lipinski definition) is 0. The number of amides is 1. The molecule has 1 heterocycles. The van der Waals surface area contributed by atoms with Gasteiger partial charge in [0.1, 0.15) is 0 Å². The zero-order chi connectivity index (χ0) is 20.3. The van der Waals surface area contributed by atoms with E-state index >= 15 is 0 Å². The normalized spacial score (nSPS) is 12.2. The van der Waals surface area contributed by atoms with Crippen LogP contribution in [0.15, 0.2) is 52.4 Å². The monoisotopic (exact) mass is 412 g/mol. The van der Waals surface area contributed by atoms with Crippen LogP contribution in [0.1, 0.15) is 18.1 Å². The minimum Gasteiger partial charge on any atom is -0.305 e. The zero-order valence-electron chi connectivity index (χ0n) is 15.7. The summed E-state index contributed by atoms with van der Waals surface area (Å²) in [5, 5.41) is 0. The van der Waals surface area contributed by atoms with Gasteiger partial charge in [-0.3, -0.25) is 4.79 Å². The third-order valence-corrected chi connectivity index (χ3v) is 6.49. The molecule has 3 aromatic rings. The summed E-state index contributed by atoms with van der Waals surface area (Å²) in [5.41, 5.74) is 2.87. The summed E-state index contributed by atoms with van der Waals surface area (Å²) in [7, 11) is -3.32. The molecule has 0 bridgehead atoms. The summed E-state index contributed by atoms with van der Waals surface area (Å²) in [5.74, 6) is 2.29. The second-order valence-electron chi connectivity index (χ2n) is 6.43. The Morgan fingerprint density at radius 3 is 2.46 bits per heavy atom. The molecule has 0 unspecified atom stereocenters. The van der Waals surface area contributed by atoms with Crippen LogP contribution in [0, 0.1) is 12.3 Å². The average molecular weight is 413 g/mol.